The zero-order valence-electron chi connectivity index (χ0n) is 14.0. The van der Waals surface area contributed by atoms with Crippen molar-refractivity contribution in [1.82, 2.24) is 4.90 Å². The highest BCUT2D eigenvalue weighted by atomic mass is 16.2. The Hall–Kier alpha value is -2.11. The number of nitrogens with zero attached hydrogens (tertiary/aromatic N) is 2. The lowest BCUT2D eigenvalue weighted by atomic mass is 9.93. The highest BCUT2D eigenvalue weighted by molar-refractivity contribution is 5.77. The van der Waals surface area contributed by atoms with Crippen molar-refractivity contribution < 1.29 is 4.79 Å². The van der Waals surface area contributed by atoms with Crippen LogP contribution in [-0.2, 0) is 4.79 Å². The van der Waals surface area contributed by atoms with Gasteiger partial charge < -0.3 is 15.1 Å². The van der Waals surface area contributed by atoms with E-state index in [1.54, 1.807) is 11.8 Å². The third-order valence-corrected chi connectivity index (χ3v) is 5.88. The van der Waals surface area contributed by atoms with Crippen LogP contribution in [0.4, 0.5) is 11.4 Å². The summed E-state index contributed by atoms with van der Waals surface area (Å²) in [6.45, 7) is 4.74. The molecule has 24 heavy (non-hydrogen) atoms. The van der Waals surface area contributed by atoms with E-state index >= 15 is 0 Å². The van der Waals surface area contributed by atoms with E-state index in [-0.39, 0.29) is 11.3 Å². The molecule has 0 spiro atoms. The summed E-state index contributed by atoms with van der Waals surface area (Å²) >= 11 is 0. The van der Waals surface area contributed by atoms with Gasteiger partial charge in [-0.25, -0.2) is 0 Å². The molecule has 1 aromatic rings. The lowest BCUT2D eigenvalue weighted by Crippen LogP contribution is -2.52. The average molecular weight is 329 g/mol. The van der Waals surface area contributed by atoms with E-state index in [4.69, 9.17) is 0 Å². The van der Waals surface area contributed by atoms with Gasteiger partial charge >= 0.3 is 0 Å². The van der Waals surface area contributed by atoms with Gasteiger partial charge in [0.15, 0.2) is 0 Å². The lowest BCUT2D eigenvalue weighted by molar-refractivity contribution is -0.129. The molecule has 1 saturated heterocycles. The summed E-state index contributed by atoms with van der Waals surface area (Å²) in [7, 11) is 0. The van der Waals surface area contributed by atoms with Gasteiger partial charge in [-0.1, -0.05) is 12.2 Å². The number of rotatable bonds is 4. The maximum Gasteiger partial charge on any atom is 0.253 e. The molecule has 128 valence electrons. The Morgan fingerprint density at radius 1 is 1.12 bits per heavy atom. The van der Waals surface area contributed by atoms with Crippen LogP contribution in [0, 0.1) is 17.8 Å². The van der Waals surface area contributed by atoms with Crippen molar-refractivity contribution in [2.45, 2.75) is 19.8 Å². The van der Waals surface area contributed by atoms with Crippen molar-refractivity contribution in [3.63, 3.8) is 0 Å². The van der Waals surface area contributed by atoms with Crippen LogP contribution in [0.25, 0.3) is 0 Å². The molecule has 1 N–H and O–H groups in total. The van der Waals surface area contributed by atoms with Crippen LogP contribution in [0.1, 0.15) is 19.8 Å². The van der Waals surface area contributed by atoms with Crippen LogP contribution >= 0.6 is 0 Å². The fraction of sp³-hybridized carbons (Fsp3) is 0.611. The summed E-state index contributed by atoms with van der Waals surface area (Å²) in [6, 6.07) is 0. The predicted molar refractivity (Wildman–Crippen MR) is 93.2 cm³/mol. The van der Waals surface area contributed by atoms with Crippen molar-refractivity contribution in [2.24, 2.45) is 17.8 Å². The monoisotopic (exact) mass is 329 g/mol. The number of carbonyl (C=O) groups excluding carboxylic acids is 1. The van der Waals surface area contributed by atoms with E-state index < -0.39 is 5.43 Å². The summed E-state index contributed by atoms with van der Waals surface area (Å²) in [6.07, 6.45) is 7.01. The van der Waals surface area contributed by atoms with Crippen molar-refractivity contribution >= 4 is 17.3 Å². The molecule has 0 aromatic heterocycles. The second-order valence-corrected chi connectivity index (χ2v) is 7.30. The fourth-order valence-electron chi connectivity index (χ4n) is 4.45. The van der Waals surface area contributed by atoms with Crippen LogP contribution in [0.5, 0.6) is 0 Å². The van der Waals surface area contributed by atoms with Gasteiger partial charge in [-0.05, 0) is 30.6 Å². The van der Waals surface area contributed by atoms with Crippen molar-refractivity contribution in [1.29, 1.82) is 0 Å². The van der Waals surface area contributed by atoms with E-state index in [1.807, 2.05) is 4.90 Å². The largest absolute Gasteiger partial charge is 0.380 e. The summed E-state index contributed by atoms with van der Waals surface area (Å²) < 4.78 is 0. The quantitative estimate of drug-likeness (QED) is 0.646. The number of carbonyl (C=O) groups is 1. The minimum Gasteiger partial charge on any atom is -0.380 e. The van der Waals surface area contributed by atoms with E-state index in [2.05, 4.69) is 17.5 Å². The second kappa shape index (κ2) is 5.76. The number of fused-ring (bicyclic) bond motifs is 2. The summed E-state index contributed by atoms with van der Waals surface area (Å²) in [5, 5.41) is 3.26. The third-order valence-electron chi connectivity index (χ3n) is 5.88. The normalized spacial score (nSPS) is 28.8. The van der Waals surface area contributed by atoms with Crippen molar-refractivity contribution in [3.05, 3.63) is 32.6 Å². The first-order valence-corrected chi connectivity index (χ1v) is 8.80. The molecule has 4 rings (SSSR count). The van der Waals surface area contributed by atoms with Gasteiger partial charge in [-0.2, -0.15) is 0 Å². The van der Waals surface area contributed by atoms with Gasteiger partial charge in [0.2, 0.25) is 5.91 Å². The zero-order valence-corrected chi connectivity index (χ0v) is 14.0. The number of nitrogens with one attached hydrogen (secondary N) is 1. The molecular weight excluding hydrogens is 306 g/mol. The smallest absolute Gasteiger partial charge is 0.253 e. The molecule has 1 aromatic carbocycles. The zero-order chi connectivity index (χ0) is 16.8. The fourth-order valence-corrected chi connectivity index (χ4v) is 4.45. The van der Waals surface area contributed by atoms with Gasteiger partial charge in [-0.15, -0.1) is 0 Å². The van der Waals surface area contributed by atoms with E-state index in [0.717, 1.165) is 6.54 Å². The molecular formula is C18H23N3O3. The number of amides is 1. The summed E-state index contributed by atoms with van der Waals surface area (Å²) in [5.41, 5.74) is 0.240. The van der Waals surface area contributed by atoms with Crippen LogP contribution in [0.2, 0.25) is 0 Å². The van der Waals surface area contributed by atoms with Crippen LogP contribution < -0.4 is 21.1 Å². The lowest BCUT2D eigenvalue weighted by Gasteiger charge is -2.36. The van der Waals surface area contributed by atoms with E-state index in [0.29, 0.717) is 55.3 Å². The molecule has 1 amide bonds. The molecule has 2 aliphatic carbocycles. The van der Waals surface area contributed by atoms with Gasteiger partial charge in [0.1, 0.15) is 11.4 Å². The molecule has 1 heterocycles. The maximum atomic E-state index is 12.0. The van der Waals surface area contributed by atoms with Crippen LogP contribution in [0.3, 0.4) is 0 Å². The molecule has 2 fully saturated rings. The third kappa shape index (κ3) is 2.44. The Kier molecular flexibility index (Phi) is 3.70. The Labute approximate surface area is 140 Å². The Balaban J connectivity index is 1.41. The first-order chi connectivity index (χ1) is 11.5. The van der Waals surface area contributed by atoms with Gasteiger partial charge in [0.25, 0.3) is 10.9 Å². The molecule has 0 unspecified atom stereocenters. The number of anilines is 2. The summed E-state index contributed by atoms with van der Waals surface area (Å²) in [5.74, 6) is 1.94. The number of allylic oxidation sites excluding steroid dienone is 2. The van der Waals surface area contributed by atoms with E-state index in [9.17, 15) is 14.4 Å². The van der Waals surface area contributed by atoms with Crippen molar-refractivity contribution in [3.8, 4) is 0 Å². The Bertz CT molecular complexity index is 754. The first-order valence-electron chi connectivity index (χ1n) is 8.80. The van der Waals surface area contributed by atoms with Crippen LogP contribution in [0.15, 0.2) is 21.7 Å². The standard InChI is InChI=1S/C18H23N3O3/c1-11(22)20-4-6-21(7-5-20)16-15(17(23)18(16)24)19-10-14-9-12-2-3-13(14)8-12/h2-3,12-14,19H,4-10H2,1H3/t12-,13+,14-/m1/s1. The topological polar surface area (TPSA) is 69.7 Å². The molecule has 3 aliphatic rings. The summed E-state index contributed by atoms with van der Waals surface area (Å²) in [4.78, 5) is 39.1. The average Bonchev–Trinajstić information content (AvgIpc) is 3.20. The highest BCUT2D eigenvalue weighted by Crippen LogP contribution is 2.43. The molecule has 1 saturated carbocycles. The minimum atomic E-state index is -0.391. The highest BCUT2D eigenvalue weighted by Gasteiger charge is 2.36. The van der Waals surface area contributed by atoms with Crippen LogP contribution in [-0.4, -0.2) is 43.5 Å². The molecule has 6 nitrogen and oxygen atoms in total. The molecule has 1 aliphatic heterocycles. The predicted octanol–water partition coefficient (Wildman–Crippen LogP) is 0.575. The molecule has 3 atom stereocenters. The number of hydrogen-bond acceptors (Lipinski definition) is 5. The van der Waals surface area contributed by atoms with Gasteiger partial charge in [0, 0.05) is 39.6 Å². The molecule has 0 radical (unpaired) electrons. The minimum absolute atomic E-state index is 0.0577. The maximum absolute atomic E-state index is 12.0. The van der Waals surface area contributed by atoms with E-state index in [1.165, 1.54) is 12.8 Å². The van der Waals surface area contributed by atoms with Crippen molar-refractivity contribution in [2.75, 3.05) is 42.9 Å². The first kappa shape index (κ1) is 15.4. The van der Waals surface area contributed by atoms with Gasteiger partial charge in [-0.3, -0.25) is 14.4 Å². The Morgan fingerprint density at radius 2 is 1.88 bits per heavy atom. The van der Waals surface area contributed by atoms with Gasteiger partial charge in [0.05, 0.1) is 0 Å². The molecule has 6 heteroatoms. The SMILES string of the molecule is CC(=O)N1CCN(c2c(NC[C@H]3C[C@@H]4C=C[C@H]3C4)c(=O)c2=O)CC1. The Morgan fingerprint density at radius 3 is 2.46 bits per heavy atom. The molecule has 2 bridgehead atoms. The number of piperazine rings is 1. The second-order valence-electron chi connectivity index (χ2n) is 7.30. The number of hydrogen-bond donors (Lipinski definition) is 1.